The van der Waals surface area contributed by atoms with Crippen molar-refractivity contribution in [2.24, 2.45) is 0 Å². The first-order valence-electron chi connectivity index (χ1n) is 3.61. The number of alkyl halides is 1. The van der Waals surface area contributed by atoms with E-state index in [1.807, 2.05) is 6.08 Å². The highest BCUT2D eigenvalue weighted by atomic mass is 35.5. The minimum atomic E-state index is -0.526. The van der Waals surface area contributed by atoms with Gasteiger partial charge in [0.25, 0.3) is 0 Å². The number of nitro groups is 1. The lowest BCUT2D eigenvalue weighted by atomic mass is 10.5. The molecule has 0 radical (unpaired) electrons. The summed E-state index contributed by atoms with van der Waals surface area (Å²) in [6.45, 7) is 0.549. The number of allylic oxidation sites excluding steroid dienone is 2. The van der Waals surface area contributed by atoms with Crippen LogP contribution in [0, 0.1) is 10.1 Å². The van der Waals surface area contributed by atoms with Crippen LogP contribution in [-0.2, 0) is 6.54 Å². The van der Waals surface area contributed by atoms with E-state index in [0.29, 0.717) is 12.4 Å². The second-order valence-corrected chi connectivity index (χ2v) is 2.62. The number of aromatic nitrogens is 2. The van der Waals surface area contributed by atoms with Crippen LogP contribution < -0.4 is 0 Å². The lowest BCUT2D eigenvalue weighted by molar-refractivity contribution is -0.389. The molecule has 0 aromatic carbocycles. The van der Waals surface area contributed by atoms with Gasteiger partial charge in [0, 0.05) is 12.4 Å². The molecule has 0 saturated heterocycles. The fourth-order valence-corrected chi connectivity index (χ4v) is 0.928. The third-order valence-electron chi connectivity index (χ3n) is 1.38. The van der Waals surface area contributed by atoms with Gasteiger partial charge in [-0.2, -0.15) is 0 Å². The van der Waals surface area contributed by atoms with E-state index in [1.54, 1.807) is 10.6 Å². The minimum Gasteiger partial charge on any atom is -0.358 e. The monoisotopic (exact) mass is 201 g/mol. The Morgan fingerprint density at radius 1 is 1.69 bits per heavy atom. The average molecular weight is 202 g/mol. The summed E-state index contributed by atoms with van der Waals surface area (Å²) in [6.07, 6.45) is 6.38. The zero-order chi connectivity index (χ0) is 9.68. The lowest BCUT2D eigenvalue weighted by Crippen LogP contribution is -1.90. The Kier molecular flexibility index (Phi) is 3.45. The minimum absolute atomic E-state index is 0.140. The van der Waals surface area contributed by atoms with Crippen molar-refractivity contribution in [3.8, 4) is 0 Å². The predicted molar refractivity (Wildman–Crippen MR) is 48.7 cm³/mol. The van der Waals surface area contributed by atoms with Crippen molar-refractivity contribution in [3.05, 3.63) is 34.8 Å². The Labute approximate surface area is 79.8 Å². The number of hydrogen-bond donors (Lipinski definition) is 0. The van der Waals surface area contributed by atoms with E-state index in [-0.39, 0.29) is 5.82 Å². The summed E-state index contributed by atoms with van der Waals surface area (Å²) in [7, 11) is 0. The zero-order valence-corrected chi connectivity index (χ0v) is 7.52. The van der Waals surface area contributed by atoms with Gasteiger partial charge in [0.1, 0.15) is 6.20 Å². The smallest absolute Gasteiger partial charge is 0.358 e. The van der Waals surface area contributed by atoms with Gasteiger partial charge in [-0.1, -0.05) is 12.2 Å². The maximum Gasteiger partial charge on any atom is 0.381 e. The summed E-state index contributed by atoms with van der Waals surface area (Å²) in [6, 6.07) is 0. The van der Waals surface area contributed by atoms with Crippen molar-refractivity contribution in [1.82, 2.24) is 9.55 Å². The first kappa shape index (κ1) is 9.73. The van der Waals surface area contributed by atoms with Crippen LogP contribution in [-0.4, -0.2) is 20.4 Å². The molecule has 6 heteroatoms. The Hall–Kier alpha value is -1.36. The van der Waals surface area contributed by atoms with Gasteiger partial charge < -0.3 is 14.7 Å². The summed E-state index contributed by atoms with van der Waals surface area (Å²) < 4.78 is 1.61. The molecule has 0 spiro atoms. The van der Waals surface area contributed by atoms with E-state index in [0.717, 1.165) is 0 Å². The van der Waals surface area contributed by atoms with E-state index in [9.17, 15) is 10.1 Å². The number of imidazole rings is 1. The highest BCUT2D eigenvalue weighted by Gasteiger charge is 2.07. The molecule has 1 aromatic heterocycles. The lowest BCUT2D eigenvalue weighted by Gasteiger charge is -1.90. The average Bonchev–Trinajstić information content (AvgIpc) is 2.53. The van der Waals surface area contributed by atoms with Crippen LogP contribution in [0.1, 0.15) is 0 Å². The van der Waals surface area contributed by atoms with E-state index in [1.165, 1.54) is 12.5 Å². The molecule has 1 rings (SSSR count). The molecule has 0 atom stereocenters. The molecule has 0 aliphatic heterocycles. The van der Waals surface area contributed by atoms with E-state index in [2.05, 4.69) is 4.98 Å². The molecule has 0 aliphatic rings. The molecule has 1 heterocycles. The molecule has 1 aromatic rings. The van der Waals surface area contributed by atoms with Gasteiger partial charge >= 0.3 is 5.82 Å². The highest BCUT2D eigenvalue weighted by molar-refractivity contribution is 6.18. The molecule has 0 saturated carbocycles. The molecular weight excluding hydrogens is 194 g/mol. The van der Waals surface area contributed by atoms with Gasteiger partial charge in [0.2, 0.25) is 6.33 Å². The molecule has 0 unspecified atom stereocenters. The SMILES string of the molecule is O=[N+]([O-])c1cn(CC=CCCl)cn1. The fraction of sp³-hybridized carbons (Fsp3) is 0.286. The van der Waals surface area contributed by atoms with Crippen LogP contribution in [0.2, 0.25) is 0 Å². The van der Waals surface area contributed by atoms with Crippen LogP contribution in [0.15, 0.2) is 24.7 Å². The normalized spacial score (nSPS) is 10.8. The second kappa shape index (κ2) is 4.61. The third kappa shape index (κ3) is 2.87. The summed E-state index contributed by atoms with van der Waals surface area (Å²) in [5.74, 6) is 0.302. The van der Waals surface area contributed by atoms with Crippen molar-refractivity contribution in [1.29, 1.82) is 0 Å². The topological polar surface area (TPSA) is 61.0 Å². The summed E-state index contributed by atoms with van der Waals surface area (Å²) in [5.41, 5.74) is 0. The van der Waals surface area contributed by atoms with Crippen molar-refractivity contribution in [2.45, 2.75) is 6.54 Å². The molecule has 70 valence electrons. The van der Waals surface area contributed by atoms with Gasteiger partial charge in [-0.05, 0) is 9.91 Å². The van der Waals surface area contributed by atoms with Gasteiger partial charge in [0.15, 0.2) is 0 Å². The van der Waals surface area contributed by atoms with Gasteiger partial charge in [-0.3, -0.25) is 0 Å². The quantitative estimate of drug-likeness (QED) is 0.322. The van der Waals surface area contributed by atoms with Gasteiger partial charge in [-0.15, -0.1) is 11.6 Å². The van der Waals surface area contributed by atoms with E-state index < -0.39 is 4.92 Å². The predicted octanol–water partition coefficient (Wildman–Crippen LogP) is 1.59. The Morgan fingerprint density at radius 2 is 2.46 bits per heavy atom. The molecule has 0 aliphatic carbocycles. The fourth-order valence-electron chi connectivity index (χ4n) is 0.802. The molecule has 5 nitrogen and oxygen atoms in total. The van der Waals surface area contributed by atoms with Gasteiger partial charge in [-0.25, -0.2) is 0 Å². The van der Waals surface area contributed by atoms with Crippen molar-refractivity contribution in [2.75, 3.05) is 5.88 Å². The second-order valence-electron chi connectivity index (χ2n) is 2.31. The van der Waals surface area contributed by atoms with Crippen LogP contribution in [0.5, 0.6) is 0 Å². The number of nitrogens with zero attached hydrogens (tertiary/aromatic N) is 3. The Morgan fingerprint density at radius 3 is 3.00 bits per heavy atom. The van der Waals surface area contributed by atoms with Gasteiger partial charge in [0.05, 0.1) is 0 Å². The maximum absolute atomic E-state index is 10.2. The molecule has 0 N–H and O–H groups in total. The number of rotatable bonds is 4. The van der Waals surface area contributed by atoms with Crippen LogP contribution in [0.3, 0.4) is 0 Å². The van der Waals surface area contributed by atoms with Crippen LogP contribution in [0.25, 0.3) is 0 Å². The standard InChI is InChI=1S/C7H8ClN3O2/c8-3-1-2-4-10-5-7(9-6-10)11(12)13/h1-2,5-6H,3-4H2. The molecule has 0 amide bonds. The maximum atomic E-state index is 10.2. The summed E-state index contributed by atoms with van der Waals surface area (Å²) >= 11 is 5.40. The summed E-state index contributed by atoms with van der Waals surface area (Å²) in [4.78, 5) is 13.3. The Bertz CT molecular complexity index is 321. The number of hydrogen-bond acceptors (Lipinski definition) is 3. The third-order valence-corrected chi connectivity index (χ3v) is 1.56. The molecular formula is C7H8ClN3O2. The zero-order valence-electron chi connectivity index (χ0n) is 6.76. The molecule has 0 bridgehead atoms. The first-order chi connectivity index (χ1) is 6.24. The number of halogens is 1. The molecule has 0 fully saturated rings. The Balaban J connectivity index is 2.59. The van der Waals surface area contributed by atoms with Crippen molar-refractivity contribution in [3.63, 3.8) is 0 Å². The first-order valence-corrected chi connectivity index (χ1v) is 4.14. The highest BCUT2D eigenvalue weighted by Crippen LogP contribution is 2.05. The van der Waals surface area contributed by atoms with E-state index >= 15 is 0 Å². The summed E-state index contributed by atoms with van der Waals surface area (Å²) in [5, 5.41) is 10.2. The van der Waals surface area contributed by atoms with E-state index in [4.69, 9.17) is 11.6 Å². The van der Waals surface area contributed by atoms with Crippen molar-refractivity contribution >= 4 is 17.4 Å². The molecule has 13 heavy (non-hydrogen) atoms. The van der Waals surface area contributed by atoms with Crippen molar-refractivity contribution < 1.29 is 4.92 Å². The van der Waals surface area contributed by atoms with Crippen LogP contribution in [0.4, 0.5) is 5.82 Å². The largest absolute Gasteiger partial charge is 0.381 e. The van der Waals surface area contributed by atoms with Crippen LogP contribution >= 0.6 is 11.6 Å².